The quantitative estimate of drug-likeness (QED) is 0.504. The second kappa shape index (κ2) is 8.87. The van der Waals surface area contributed by atoms with Gasteiger partial charge in [-0.15, -0.1) is 0 Å². The van der Waals surface area contributed by atoms with Crippen LogP contribution in [0.15, 0.2) is 36.4 Å². The molecular weight excluding hydrogens is 395 g/mol. The Morgan fingerprint density at radius 1 is 1.20 bits per heavy atom. The van der Waals surface area contributed by atoms with E-state index in [4.69, 9.17) is 4.84 Å². The molecule has 0 unspecified atom stereocenters. The predicted molar refractivity (Wildman–Crippen MR) is 107 cm³/mol. The van der Waals surface area contributed by atoms with Crippen molar-refractivity contribution < 1.29 is 23.7 Å². The molecule has 1 fully saturated rings. The number of nitrogens with zero attached hydrogens (tertiary/aromatic N) is 2. The maximum atomic E-state index is 14.6. The van der Waals surface area contributed by atoms with Gasteiger partial charge < -0.3 is 10.2 Å². The van der Waals surface area contributed by atoms with Crippen molar-refractivity contribution in [1.29, 1.82) is 0 Å². The molecule has 0 atom stereocenters. The highest BCUT2D eigenvalue weighted by molar-refractivity contribution is 5.96. The van der Waals surface area contributed by atoms with Gasteiger partial charge in [0.25, 0.3) is 17.5 Å². The number of halogens is 1. The minimum absolute atomic E-state index is 0.210. The highest BCUT2D eigenvalue weighted by atomic mass is 19.1. The lowest BCUT2D eigenvalue weighted by atomic mass is 10.1. The second-order valence-corrected chi connectivity index (χ2v) is 7.20. The van der Waals surface area contributed by atoms with Crippen LogP contribution in [0.5, 0.6) is 0 Å². The molecule has 2 aromatic carbocycles. The Hall–Kier alpha value is -3.53. The topological polar surface area (TPSA) is 114 Å². The van der Waals surface area contributed by atoms with E-state index < -0.39 is 22.3 Å². The maximum absolute atomic E-state index is 14.6. The first-order valence-electron chi connectivity index (χ1n) is 9.25. The molecule has 9 nitrogen and oxygen atoms in total. The van der Waals surface area contributed by atoms with Gasteiger partial charge in [-0.2, -0.15) is 0 Å². The molecular formula is C20H21FN4O5. The van der Waals surface area contributed by atoms with Crippen molar-refractivity contribution in [3.05, 3.63) is 63.5 Å². The van der Waals surface area contributed by atoms with Gasteiger partial charge in [0.2, 0.25) is 0 Å². The van der Waals surface area contributed by atoms with Crippen LogP contribution in [0.1, 0.15) is 33.6 Å². The number of rotatable bonds is 8. The number of anilines is 2. The smallest absolute Gasteiger partial charge is 0.296 e. The van der Waals surface area contributed by atoms with E-state index in [1.807, 2.05) is 0 Å². The SMILES string of the molecule is CN(C)C(=O)c1ccc(Nc2c(F)cc(C(=O)NOCC3CC3)cc2[N+](=O)[O-])cc1. The van der Waals surface area contributed by atoms with Crippen molar-refractivity contribution in [2.24, 2.45) is 5.92 Å². The average Bonchev–Trinajstić information content (AvgIpc) is 3.53. The van der Waals surface area contributed by atoms with E-state index in [0.717, 1.165) is 25.0 Å². The number of hydrogen-bond acceptors (Lipinski definition) is 6. The summed E-state index contributed by atoms with van der Waals surface area (Å²) in [6.45, 7) is 0.349. The Labute approximate surface area is 171 Å². The number of carbonyl (C=O) groups is 2. The van der Waals surface area contributed by atoms with Gasteiger partial charge in [-0.1, -0.05) is 0 Å². The van der Waals surface area contributed by atoms with Crippen LogP contribution < -0.4 is 10.8 Å². The Kier molecular flexibility index (Phi) is 6.26. The highest BCUT2D eigenvalue weighted by Gasteiger charge is 2.25. The number of nitro groups is 1. The van der Waals surface area contributed by atoms with E-state index in [1.165, 1.54) is 29.2 Å². The van der Waals surface area contributed by atoms with Gasteiger partial charge in [0, 0.05) is 31.4 Å². The summed E-state index contributed by atoms with van der Waals surface area (Å²) in [5.74, 6) is -1.54. The number of hydrogen-bond donors (Lipinski definition) is 2. The molecule has 10 heteroatoms. The van der Waals surface area contributed by atoms with Gasteiger partial charge >= 0.3 is 0 Å². The molecule has 0 spiro atoms. The van der Waals surface area contributed by atoms with E-state index in [1.54, 1.807) is 14.1 Å². The zero-order valence-corrected chi connectivity index (χ0v) is 16.5. The molecule has 0 saturated heterocycles. The van der Waals surface area contributed by atoms with E-state index in [-0.39, 0.29) is 17.2 Å². The largest absolute Gasteiger partial charge is 0.347 e. The molecule has 158 valence electrons. The van der Waals surface area contributed by atoms with Crippen molar-refractivity contribution in [3.63, 3.8) is 0 Å². The van der Waals surface area contributed by atoms with Crippen molar-refractivity contribution in [1.82, 2.24) is 10.4 Å². The normalized spacial score (nSPS) is 12.9. The molecule has 0 aromatic heterocycles. The summed E-state index contributed by atoms with van der Waals surface area (Å²) >= 11 is 0. The Balaban J connectivity index is 1.79. The van der Waals surface area contributed by atoms with Crippen LogP contribution in [0.4, 0.5) is 21.5 Å². The van der Waals surface area contributed by atoms with Crippen LogP contribution in [-0.4, -0.2) is 42.3 Å². The molecule has 0 bridgehead atoms. The first-order chi connectivity index (χ1) is 14.3. The minimum atomic E-state index is -0.968. The van der Waals surface area contributed by atoms with E-state index in [9.17, 15) is 24.1 Å². The standard InChI is InChI=1S/C20H21FN4O5/c1-24(2)20(27)13-5-7-15(8-6-13)22-18-16(21)9-14(10-17(18)25(28)29)19(26)23-30-11-12-3-4-12/h5-10,12,22H,3-4,11H2,1-2H3,(H,23,26). The lowest BCUT2D eigenvalue weighted by Gasteiger charge is -2.12. The summed E-state index contributed by atoms with van der Waals surface area (Å²) in [6, 6.07) is 7.93. The number of hydroxylamine groups is 1. The zero-order valence-electron chi connectivity index (χ0n) is 16.5. The highest BCUT2D eigenvalue weighted by Crippen LogP contribution is 2.32. The number of benzene rings is 2. The fourth-order valence-electron chi connectivity index (χ4n) is 2.66. The minimum Gasteiger partial charge on any atom is -0.347 e. The lowest BCUT2D eigenvalue weighted by Crippen LogP contribution is -2.25. The first-order valence-corrected chi connectivity index (χ1v) is 9.25. The van der Waals surface area contributed by atoms with E-state index in [0.29, 0.717) is 23.8 Å². The van der Waals surface area contributed by atoms with Crippen molar-refractivity contribution in [2.75, 3.05) is 26.0 Å². The van der Waals surface area contributed by atoms with Crippen LogP contribution in [-0.2, 0) is 4.84 Å². The van der Waals surface area contributed by atoms with E-state index >= 15 is 0 Å². The monoisotopic (exact) mass is 416 g/mol. The number of amides is 2. The predicted octanol–water partition coefficient (Wildman–Crippen LogP) is 3.25. The molecule has 2 aromatic rings. The van der Waals surface area contributed by atoms with Gasteiger partial charge in [0.15, 0.2) is 11.5 Å². The third-order valence-electron chi connectivity index (χ3n) is 4.52. The summed E-state index contributed by atoms with van der Waals surface area (Å²) in [6.07, 6.45) is 2.06. The van der Waals surface area contributed by atoms with E-state index in [2.05, 4.69) is 10.8 Å². The molecule has 1 aliphatic rings. The second-order valence-electron chi connectivity index (χ2n) is 7.20. The number of nitrogens with one attached hydrogen (secondary N) is 2. The molecule has 2 N–H and O–H groups in total. The molecule has 0 radical (unpaired) electrons. The van der Waals surface area contributed by atoms with Crippen LogP contribution in [0.2, 0.25) is 0 Å². The average molecular weight is 416 g/mol. The van der Waals surface area contributed by atoms with Gasteiger partial charge in [0.05, 0.1) is 17.1 Å². The summed E-state index contributed by atoms with van der Waals surface area (Å²) < 4.78 is 14.6. The van der Waals surface area contributed by atoms with Gasteiger partial charge in [-0.3, -0.25) is 24.5 Å². The molecule has 3 rings (SSSR count). The van der Waals surface area contributed by atoms with Crippen molar-refractivity contribution >= 4 is 28.9 Å². The Bertz CT molecular complexity index is 974. The molecule has 1 saturated carbocycles. The molecule has 1 aliphatic carbocycles. The van der Waals surface area contributed by atoms with Gasteiger partial charge in [-0.25, -0.2) is 9.87 Å². The van der Waals surface area contributed by atoms with Crippen LogP contribution in [0.25, 0.3) is 0 Å². The van der Waals surface area contributed by atoms with Crippen molar-refractivity contribution in [3.8, 4) is 0 Å². The molecule has 0 heterocycles. The summed E-state index contributed by atoms with van der Waals surface area (Å²) in [4.78, 5) is 41.2. The van der Waals surface area contributed by atoms with Crippen LogP contribution >= 0.6 is 0 Å². The molecule has 30 heavy (non-hydrogen) atoms. The Morgan fingerprint density at radius 2 is 1.87 bits per heavy atom. The Morgan fingerprint density at radius 3 is 2.43 bits per heavy atom. The number of nitro benzene ring substituents is 1. The molecule has 0 aliphatic heterocycles. The lowest BCUT2D eigenvalue weighted by molar-refractivity contribution is -0.384. The fourth-order valence-corrected chi connectivity index (χ4v) is 2.66. The third kappa shape index (κ3) is 5.09. The fraction of sp³-hybridized carbons (Fsp3) is 0.300. The first kappa shape index (κ1) is 21.2. The van der Waals surface area contributed by atoms with Crippen molar-refractivity contribution in [2.45, 2.75) is 12.8 Å². The zero-order chi connectivity index (χ0) is 21.8. The van der Waals surface area contributed by atoms with Gasteiger partial charge in [0.1, 0.15) is 0 Å². The summed E-state index contributed by atoms with van der Waals surface area (Å²) in [5, 5.41) is 14.1. The summed E-state index contributed by atoms with van der Waals surface area (Å²) in [7, 11) is 3.23. The summed E-state index contributed by atoms with van der Waals surface area (Å²) in [5.41, 5.74) is 1.72. The van der Waals surface area contributed by atoms with Crippen LogP contribution in [0, 0.1) is 21.8 Å². The van der Waals surface area contributed by atoms with Crippen LogP contribution in [0.3, 0.4) is 0 Å². The number of carbonyl (C=O) groups excluding carboxylic acids is 2. The third-order valence-corrected chi connectivity index (χ3v) is 4.52. The maximum Gasteiger partial charge on any atom is 0.296 e. The molecule has 2 amide bonds. The van der Waals surface area contributed by atoms with Gasteiger partial charge in [-0.05, 0) is 49.1 Å².